The number of rotatable bonds is 2. The van der Waals surface area contributed by atoms with Crippen molar-refractivity contribution in [1.29, 1.82) is 0 Å². The van der Waals surface area contributed by atoms with Crippen molar-refractivity contribution in [1.82, 2.24) is 0 Å². The molecule has 1 amide bonds. The molecular weight excluding hydrogens is 330 g/mol. The highest BCUT2D eigenvalue weighted by Gasteiger charge is 2.14. The van der Waals surface area contributed by atoms with Gasteiger partial charge in [0.05, 0.1) is 5.69 Å². The van der Waals surface area contributed by atoms with Crippen LogP contribution in [0.5, 0.6) is 0 Å². The first kappa shape index (κ1) is 14.5. The van der Waals surface area contributed by atoms with Crippen LogP contribution in [-0.2, 0) is 0 Å². The predicted molar refractivity (Wildman–Crippen MR) is 77.6 cm³/mol. The summed E-state index contributed by atoms with van der Waals surface area (Å²) in [7, 11) is 0. The topological polar surface area (TPSA) is 55.1 Å². The molecule has 20 heavy (non-hydrogen) atoms. The molecule has 2 rings (SSSR count). The third kappa shape index (κ3) is 2.96. The van der Waals surface area contributed by atoms with Crippen LogP contribution >= 0.6 is 15.9 Å². The Kier molecular flexibility index (Phi) is 4.04. The van der Waals surface area contributed by atoms with Gasteiger partial charge in [-0.25, -0.2) is 8.78 Å². The number of hydrogen-bond donors (Lipinski definition) is 2. The van der Waals surface area contributed by atoms with E-state index in [4.69, 9.17) is 5.73 Å². The van der Waals surface area contributed by atoms with Crippen LogP contribution in [0.15, 0.2) is 34.8 Å². The summed E-state index contributed by atoms with van der Waals surface area (Å²) in [6.07, 6.45) is 0. The third-order valence-corrected chi connectivity index (χ3v) is 3.63. The second-order valence-corrected chi connectivity index (χ2v) is 5.12. The quantitative estimate of drug-likeness (QED) is 0.815. The largest absolute Gasteiger partial charge is 0.397 e. The lowest BCUT2D eigenvalue weighted by Gasteiger charge is -2.10. The van der Waals surface area contributed by atoms with Gasteiger partial charge in [-0.15, -0.1) is 0 Å². The molecule has 0 aliphatic carbocycles. The molecular formula is C14H11BrF2N2O. The van der Waals surface area contributed by atoms with Gasteiger partial charge in [-0.3, -0.25) is 4.79 Å². The van der Waals surface area contributed by atoms with E-state index in [-0.39, 0.29) is 11.4 Å². The van der Waals surface area contributed by atoms with Gasteiger partial charge in [-0.1, -0.05) is 15.9 Å². The molecule has 0 fully saturated rings. The second-order valence-electron chi connectivity index (χ2n) is 4.27. The average molecular weight is 341 g/mol. The molecule has 0 atom stereocenters. The smallest absolute Gasteiger partial charge is 0.255 e. The third-order valence-electron chi connectivity index (χ3n) is 2.74. The summed E-state index contributed by atoms with van der Waals surface area (Å²) < 4.78 is 27.4. The van der Waals surface area contributed by atoms with Crippen molar-refractivity contribution in [3.05, 3.63) is 57.6 Å². The SMILES string of the molecule is Cc1cc(C(=O)Nc2c(N)cc(F)cc2F)ccc1Br. The Balaban J connectivity index is 2.30. The van der Waals surface area contributed by atoms with Crippen LogP contribution in [-0.4, -0.2) is 5.91 Å². The van der Waals surface area contributed by atoms with E-state index < -0.39 is 17.5 Å². The monoisotopic (exact) mass is 340 g/mol. The van der Waals surface area contributed by atoms with Crippen LogP contribution in [0.1, 0.15) is 15.9 Å². The fourth-order valence-corrected chi connectivity index (χ4v) is 1.94. The van der Waals surface area contributed by atoms with Crippen LogP contribution in [0, 0.1) is 18.6 Å². The van der Waals surface area contributed by atoms with Gasteiger partial charge in [0.1, 0.15) is 11.5 Å². The van der Waals surface area contributed by atoms with Gasteiger partial charge in [0.15, 0.2) is 5.82 Å². The summed E-state index contributed by atoms with van der Waals surface area (Å²) in [6, 6.07) is 6.57. The number of anilines is 2. The van der Waals surface area contributed by atoms with Gasteiger partial charge >= 0.3 is 0 Å². The minimum absolute atomic E-state index is 0.162. The molecule has 3 N–H and O–H groups in total. The van der Waals surface area contributed by atoms with E-state index in [2.05, 4.69) is 21.2 Å². The Morgan fingerprint density at radius 2 is 1.95 bits per heavy atom. The van der Waals surface area contributed by atoms with Gasteiger partial charge in [-0.2, -0.15) is 0 Å². The Morgan fingerprint density at radius 3 is 2.55 bits per heavy atom. The van der Waals surface area contributed by atoms with Crippen molar-refractivity contribution in [3.63, 3.8) is 0 Å². The standard InChI is InChI=1S/C14H11BrF2N2O/c1-7-4-8(2-3-10(7)15)14(20)19-13-11(17)5-9(16)6-12(13)18/h2-6H,18H2,1H3,(H,19,20). The van der Waals surface area contributed by atoms with Crippen molar-refractivity contribution in [2.24, 2.45) is 0 Å². The number of nitrogen functional groups attached to an aromatic ring is 1. The van der Waals surface area contributed by atoms with Crippen LogP contribution in [0.3, 0.4) is 0 Å². The molecule has 0 saturated carbocycles. The van der Waals surface area contributed by atoms with Crippen molar-refractivity contribution in [3.8, 4) is 0 Å². The summed E-state index contributed by atoms with van der Waals surface area (Å²) in [6.45, 7) is 1.83. The molecule has 0 saturated heterocycles. The van der Waals surface area contributed by atoms with Crippen molar-refractivity contribution in [2.75, 3.05) is 11.1 Å². The molecule has 0 aliphatic rings. The van der Waals surface area contributed by atoms with Gasteiger partial charge in [0.2, 0.25) is 0 Å². The minimum atomic E-state index is -0.912. The maximum atomic E-state index is 13.6. The normalized spacial score (nSPS) is 10.4. The Labute approximate surface area is 122 Å². The lowest BCUT2D eigenvalue weighted by atomic mass is 10.1. The molecule has 3 nitrogen and oxygen atoms in total. The molecule has 0 unspecified atom stereocenters. The van der Waals surface area contributed by atoms with E-state index in [1.807, 2.05) is 6.92 Å². The predicted octanol–water partition coefficient (Wildman–Crippen LogP) is 3.87. The number of hydrogen-bond acceptors (Lipinski definition) is 2. The summed E-state index contributed by atoms with van der Waals surface area (Å²) in [4.78, 5) is 12.0. The number of aryl methyl sites for hydroxylation is 1. The number of nitrogens with two attached hydrogens (primary N) is 1. The zero-order valence-corrected chi connectivity index (χ0v) is 12.1. The fraction of sp³-hybridized carbons (Fsp3) is 0.0714. The van der Waals surface area contributed by atoms with Crippen LogP contribution < -0.4 is 11.1 Å². The van der Waals surface area contributed by atoms with Gasteiger partial charge in [-0.05, 0) is 36.8 Å². The molecule has 0 heterocycles. The van der Waals surface area contributed by atoms with E-state index >= 15 is 0 Å². The van der Waals surface area contributed by atoms with E-state index in [0.29, 0.717) is 11.6 Å². The van der Waals surface area contributed by atoms with Crippen molar-refractivity contribution >= 4 is 33.2 Å². The first-order valence-electron chi connectivity index (χ1n) is 5.70. The van der Waals surface area contributed by atoms with E-state index in [1.54, 1.807) is 18.2 Å². The van der Waals surface area contributed by atoms with E-state index in [1.165, 1.54) is 0 Å². The van der Waals surface area contributed by atoms with Crippen LogP contribution in [0.4, 0.5) is 20.2 Å². The lowest BCUT2D eigenvalue weighted by molar-refractivity contribution is 0.102. The maximum absolute atomic E-state index is 13.6. The number of amides is 1. The molecule has 6 heteroatoms. The summed E-state index contributed by atoms with van der Waals surface area (Å²) in [5, 5.41) is 2.35. The highest BCUT2D eigenvalue weighted by molar-refractivity contribution is 9.10. The van der Waals surface area contributed by atoms with Gasteiger partial charge in [0.25, 0.3) is 5.91 Å². The van der Waals surface area contributed by atoms with E-state index in [0.717, 1.165) is 16.1 Å². The number of carbonyl (C=O) groups excluding carboxylic acids is 1. The number of benzene rings is 2. The highest BCUT2D eigenvalue weighted by atomic mass is 79.9. The van der Waals surface area contributed by atoms with Crippen molar-refractivity contribution < 1.29 is 13.6 Å². The Bertz CT molecular complexity index is 666. The van der Waals surface area contributed by atoms with E-state index in [9.17, 15) is 13.6 Å². The summed E-state index contributed by atoms with van der Waals surface area (Å²) in [5.41, 5.74) is 6.33. The lowest BCUT2D eigenvalue weighted by Crippen LogP contribution is -2.15. The molecule has 0 bridgehead atoms. The number of carbonyl (C=O) groups is 1. The first-order chi connectivity index (χ1) is 9.38. The fourth-order valence-electron chi connectivity index (χ4n) is 1.70. The minimum Gasteiger partial charge on any atom is -0.397 e. The van der Waals surface area contributed by atoms with Crippen LogP contribution in [0.25, 0.3) is 0 Å². The first-order valence-corrected chi connectivity index (χ1v) is 6.50. The molecule has 2 aromatic carbocycles. The van der Waals surface area contributed by atoms with Crippen LogP contribution in [0.2, 0.25) is 0 Å². The summed E-state index contributed by atoms with van der Waals surface area (Å²) >= 11 is 3.32. The second kappa shape index (κ2) is 5.58. The molecule has 2 aromatic rings. The Hall–Kier alpha value is -1.95. The molecule has 0 spiro atoms. The van der Waals surface area contributed by atoms with Gasteiger partial charge < -0.3 is 11.1 Å². The summed E-state index contributed by atoms with van der Waals surface area (Å²) in [5.74, 6) is -2.22. The van der Waals surface area contributed by atoms with Crippen molar-refractivity contribution in [2.45, 2.75) is 6.92 Å². The number of halogens is 3. The molecule has 104 valence electrons. The molecule has 0 radical (unpaired) electrons. The van der Waals surface area contributed by atoms with Gasteiger partial charge in [0, 0.05) is 16.1 Å². The molecule has 0 aliphatic heterocycles. The number of nitrogens with one attached hydrogen (secondary N) is 1. The Morgan fingerprint density at radius 1 is 1.25 bits per heavy atom. The average Bonchev–Trinajstić information content (AvgIpc) is 2.36. The maximum Gasteiger partial charge on any atom is 0.255 e. The highest BCUT2D eigenvalue weighted by Crippen LogP contribution is 2.25. The zero-order chi connectivity index (χ0) is 14.9. The molecule has 0 aromatic heterocycles. The zero-order valence-electron chi connectivity index (χ0n) is 10.5.